The molecule has 7 heteroatoms. The van der Waals surface area contributed by atoms with Crippen molar-refractivity contribution >= 4 is 11.9 Å². The highest BCUT2D eigenvalue weighted by Gasteiger charge is 2.29. The summed E-state index contributed by atoms with van der Waals surface area (Å²) in [6, 6.07) is 0.602. The molecule has 1 aromatic rings. The first-order valence-electron chi connectivity index (χ1n) is 6.97. The summed E-state index contributed by atoms with van der Waals surface area (Å²) in [5.74, 6) is 1.06. The van der Waals surface area contributed by atoms with Crippen molar-refractivity contribution in [3.8, 4) is 6.01 Å². The maximum atomic E-state index is 5.71. The molecule has 1 aromatic heterocycles. The van der Waals surface area contributed by atoms with Crippen molar-refractivity contribution in [1.82, 2.24) is 15.0 Å². The number of anilines is 2. The summed E-state index contributed by atoms with van der Waals surface area (Å²) < 4.78 is 10.8. The second kappa shape index (κ2) is 6.21. The molecule has 20 heavy (non-hydrogen) atoms. The number of hydrogen-bond donors (Lipinski definition) is 2. The van der Waals surface area contributed by atoms with Gasteiger partial charge in [0.1, 0.15) is 0 Å². The standard InChI is InChI=1S/C13H23N5O2/c1-5-14-10-16-11(18-12(17-10)19-4)15-9-6-7-20-13(2,3)8-9/h9H,5-8H2,1-4H3,(H2,14,15,16,17,18). The molecular formula is C13H23N5O2. The van der Waals surface area contributed by atoms with Gasteiger partial charge in [-0.05, 0) is 33.6 Å². The normalized spacial score (nSPS) is 21.3. The summed E-state index contributed by atoms with van der Waals surface area (Å²) in [7, 11) is 1.55. The van der Waals surface area contributed by atoms with E-state index in [9.17, 15) is 0 Å². The topological polar surface area (TPSA) is 81.2 Å². The molecule has 2 rings (SSSR count). The average molecular weight is 281 g/mol. The highest BCUT2D eigenvalue weighted by Crippen LogP contribution is 2.26. The second-order valence-corrected chi connectivity index (χ2v) is 5.44. The van der Waals surface area contributed by atoms with E-state index in [2.05, 4.69) is 39.4 Å². The molecular weight excluding hydrogens is 258 g/mol. The fourth-order valence-electron chi connectivity index (χ4n) is 2.29. The Labute approximate surface area is 119 Å². The van der Waals surface area contributed by atoms with Gasteiger partial charge in [-0.15, -0.1) is 0 Å². The summed E-state index contributed by atoms with van der Waals surface area (Å²) in [6.07, 6.45) is 1.85. The third-order valence-electron chi connectivity index (χ3n) is 3.16. The van der Waals surface area contributed by atoms with E-state index in [1.807, 2.05) is 6.92 Å². The first-order valence-corrected chi connectivity index (χ1v) is 6.97. The highest BCUT2D eigenvalue weighted by molar-refractivity contribution is 5.36. The van der Waals surface area contributed by atoms with E-state index in [4.69, 9.17) is 9.47 Å². The minimum Gasteiger partial charge on any atom is -0.467 e. The average Bonchev–Trinajstić information content (AvgIpc) is 2.37. The lowest BCUT2D eigenvalue weighted by atomic mass is 9.94. The van der Waals surface area contributed by atoms with E-state index in [-0.39, 0.29) is 5.60 Å². The van der Waals surface area contributed by atoms with Crippen LogP contribution in [0.1, 0.15) is 33.6 Å². The highest BCUT2D eigenvalue weighted by atomic mass is 16.5. The van der Waals surface area contributed by atoms with Crippen molar-refractivity contribution in [2.24, 2.45) is 0 Å². The van der Waals surface area contributed by atoms with Gasteiger partial charge in [0.05, 0.1) is 12.7 Å². The maximum absolute atomic E-state index is 5.71. The summed E-state index contributed by atoms with van der Waals surface area (Å²) >= 11 is 0. The third-order valence-corrected chi connectivity index (χ3v) is 3.16. The van der Waals surface area contributed by atoms with Crippen molar-refractivity contribution in [3.63, 3.8) is 0 Å². The van der Waals surface area contributed by atoms with E-state index < -0.39 is 0 Å². The number of ether oxygens (including phenoxy) is 2. The van der Waals surface area contributed by atoms with Crippen molar-refractivity contribution in [2.45, 2.75) is 45.3 Å². The summed E-state index contributed by atoms with van der Waals surface area (Å²) in [6.45, 7) is 7.67. The molecule has 0 bridgehead atoms. The molecule has 1 fully saturated rings. The van der Waals surface area contributed by atoms with Crippen LogP contribution in [-0.2, 0) is 4.74 Å². The molecule has 0 spiro atoms. The number of nitrogens with zero attached hydrogens (tertiary/aromatic N) is 3. The largest absolute Gasteiger partial charge is 0.467 e. The monoisotopic (exact) mass is 281 g/mol. The van der Waals surface area contributed by atoms with Crippen LogP contribution >= 0.6 is 0 Å². The quantitative estimate of drug-likeness (QED) is 0.849. The SMILES string of the molecule is CCNc1nc(NC2CCOC(C)(C)C2)nc(OC)n1. The maximum Gasteiger partial charge on any atom is 0.322 e. The molecule has 1 saturated heterocycles. The van der Waals surface area contributed by atoms with Gasteiger partial charge in [0, 0.05) is 19.2 Å². The lowest BCUT2D eigenvalue weighted by molar-refractivity contribution is -0.0554. The Morgan fingerprint density at radius 2 is 2.05 bits per heavy atom. The molecule has 0 radical (unpaired) electrons. The van der Waals surface area contributed by atoms with Crippen molar-refractivity contribution in [1.29, 1.82) is 0 Å². The molecule has 0 aromatic carbocycles. The fraction of sp³-hybridized carbons (Fsp3) is 0.769. The van der Waals surface area contributed by atoms with Gasteiger partial charge in [0.25, 0.3) is 0 Å². The van der Waals surface area contributed by atoms with Crippen LogP contribution in [0.5, 0.6) is 6.01 Å². The second-order valence-electron chi connectivity index (χ2n) is 5.44. The Morgan fingerprint density at radius 3 is 2.70 bits per heavy atom. The lowest BCUT2D eigenvalue weighted by Crippen LogP contribution is -2.40. The van der Waals surface area contributed by atoms with Crippen LogP contribution in [-0.4, -0.2) is 46.9 Å². The van der Waals surface area contributed by atoms with Gasteiger partial charge in [-0.2, -0.15) is 15.0 Å². The Kier molecular flexibility index (Phi) is 4.59. The minimum atomic E-state index is -0.114. The Bertz CT molecular complexity index is 452. The Hall–Kier alpha value is -1.63. The molecule has 0 amide bonds. The zero-order valence-electron chi connectivity index (χ0n) is 12.6. The molecule has 1 atom stereocenters. The summed E-state index contributed by atoms with van der Waals surface area (Å²) in [4.78, 5) is 12.7. The minimum absolute atomic E-state index is 0.114. The van der Waals surface area contributed by atoms with Crippen LogP contribution < -0.4 is 15.4 Å². The van der Waals surface area contributed by atoms with E-state index in [0.717, 1.165) is 26.0 Å². The molecule has 2 N–H and O–H groups in total. The van der Waals surface area contributed by atoms with E-state index in [1.165, 1.54) is 0 Å². The van der Waals surface area contributed by atoms with Gasteiger partial charge in [-0.25, -0.2) is 0 Å². The molecule has 0 aliphatic carbocycles. The van der Waals surface area contributed by atoms with Crippen LogP contribution in [0.3, 0.4) is 0 Å². The van der Waals surface area contributed by atoms with E-state index in [1.54, 1.807) is 7.11 Å². The number of aromatic nitrogens is 3. The van der Waals surface area contributed by atoms with Gasteiger partial charge >= 0.3 is 6.01 Å². The fourth-order valence-corrected chi connectivity index (χ4v) is 2.29. The molecule has 1 unspecified atom stereocenters. The van der Waals surface area contributed by atoms with Crippen LogP contribution in [0.15, 0.2) is 0 Å². The zero-order chi connectivity index (χ0) is 14.6. The number of rotatable bonds is 5. The third kappa shape index (κ3) is 3.93. The van der Waals surface area contributed by atoms with Crippen LogP contribution in [0.25, 0.3) is 0 Å². The van der Waals surface area contributed by atoms with Gasteiger partial charge in [-0.1, -0.05) is 0 Å². The van der Waals surface area contributed by atoms with Gasteiger partial charge in [-0.3, -0.25) is 0 Å². The van der Waals surface area contributed by atoms with Crippen molar-refractivity contribution < 1.29 is 9.47 Å². The zero-order valence-corrected chi connectivity index (χ0v) is 12.6. The van der Waals surface area contributed by atoms with Crippen LogP contribution in [0, 0.1) is 0 Å². The predicted molar refractivity (Wildman–Crippen MR) is 77.2 cm³/mol. The number of methoxy groups -OCH3 is 1. The van der Waals surface area contributed by atoms with Crippen LogP contribution in [0.4, 0.5) is 11.9 Å². The lowest BCUT2D eigenvalue weighted by Gasteiger charge is -2.35. The Morgan fingerprint density at radius 1 is 1.30 bits per heavy atom. The predicted octanol–water partition coefficient (Wildman–Crippen LogP) is 1.68. The molecule has 7 nitrogen and oxygen atoms in total. The summed E-state index contributed by atoms with van der Waals surface area (Å²) in [5, 5.41) is 6.42. The van der Waals surface area contributed by atoms with Gasteiger partial charge in [0.15, 0.2) is 0 Å². The van der Waals surface area contributed by atoms with Crippen molar-refractivity contribution in [3.05, 3.63) is 0 Å². The number of nitrogens with one attached hydrogen (secondary N) is 2. The smallest absolute Gasteiger partial charge is 0.322 e. The van der Waals surface area contributed by atoms with Crippen LogP contribution in [0.2, 0.25) is 0 Å². The van der Waals surface area contributed by atoms with E-state index >= 15 is 0 Å². The van der Waals surface area contributed by atoms with Crippen molar-refractivity contribution in [2.75, 3.05) is 30.9 Å². The first kappa shape index (κ1) is 14.8. The van der Waals surface area contributed by atoms with E-state index in [0.29, 0.717) is 23.9 Å². The van der Waals surface area contributed by atoms with Gasteiger partial charge < -0.3 is 20.1 Å². The molecule has 2 heterocycles. The molecule has 1 aliphatic heterocycles. The van der Waals surface area contributed by atoms with Gasteiger partial charge in [0.2, 0.25) is 11.9 Å². The number of hydrogen-bond acceptors (Lipinski definition) is 7. The molecule has 112 valence electrons. The summed E-state index contributed by atoms with van der Waals surface area (Å²) in [5.41, 5.74) is -0.114. The molecule has 1 aliphatic rings. The molecule has 0 saturated carbocycles. The Balaban J connectivity index is 2.09. The first-order chi connectivity index (χ1) is 9.52.